The lowest BCUT2D eigenvalue weighted by molar-refractivity contribution is -0.0988. The number of likely N-dealkylation sites (tertiary alicyclic amines) is 1. The molecule has 3 aromatic rings. The number of nitrogens with zero attached hydrogens (tertiary/aromatic N) is 2. The maximum absolute atomic E-state index is 11.6. The van der Waals surface area contributed by atoms with Gasteiger partial charge in [-0.1, -0.05) is 48.0 Å². The summed E-state index contributed by atoms with van der Waals surface area (Å²) in [6, 6.07) is 18.9. The molecule has 1 N–H and O–H groups in total. The van der Waals surface area contributed by atoms with Crippen molar-refractivity contribution in [2.45, 2.75) is 18.8 Å². The number of aromatic nitrogens is 1. The molecule has 2 heterocycles. The number of pyridine rings is 1. The molecule has 0 spiro atoms. The van der Waals surface area contributed by atoms with E-state index in [4.69, 9.17) is 16.3 Å². The molecule has 0 radical (unpaired) electrons. The Kier molecular flexibility index (Phi) is 5.28. The SMILES string of the molecule is O=C(O)N1CC(OCc2ccc(Cl)cc2)C1c1cccc(-c2cccnc2)c1. The van der Waals surface area contributed by atoms with Gasteiger partial charge in [0.2, 0.25) is 0 Å². The Balaban J connectivity index is 1.54. The van der Waals surface area contributed by atoms with E-state index < -0.39 is 6.09 Å². The number of hydrogen-bond donors (Lipinski definition) is 1. The number of amides is 1. The largest absolute Gasteiger partial charge is 0.465 e. The van der Waals surface area contributed by atoms with Crippen molar-refractivity contribution in [3.8, 4) is 11.1 Å². The van der Waals surface area contributed by atoms with Crippen LogP contribution in [0.15, 0.2) is 73.1 Å². The Bertz CT molecular complexity index is 963. The van der Waals surface area contributed by atoms with E-state index in [-0.39, 0.29) is 12.1 Å². The molecule has 1 saturated heterocycles. The fraction of sp³-hybridized carbons (Fsp3) is 0.182. The van der Waals surface area contributed by atoms with Gasteiger partial charge in [-0.2, -0.15) is 0 Å². The summed E-state index contributed by atoms with van der Waals surface area (Å²) < 4.78 is 6.04. The smallest absolute Gasteiger partial charge is 0.407 e. The van der Waals surface area contributed by atoms with E-state index in [1.165, 1.54) is 4.90 Å². The van der Waals surface area contributed by atoms with Gasteiger partial charge in [-0.25, -0.2) is 4.79 Å². The summed E-state index contributed by atoms with van der Waals surface area (Å²) in [7, 11) is 0. The normalized spacial score (nSPS) is 18.5. The van der Waals surface area contributed by atoms with Crippen molar-refractivity contribution in [3.05, 3.63) is 89.2 Å². The molecule has 1 aliphatic rings. The Labute approximate surface area is 168 Å². The van der Waals surface area contributed by atoms with Crippen LogP contribution in [0.3, 0.4) is 0 Å². The van der Waals surface area contributed by atoms with Crippen LogP contribution in [0.4, 0.5) is 4.79 Å². The van der Waals surface area contributed by atoms with E-state index in [0.29, 0.717) is 18.2 Å². The van der Waals surface area contributed by atoms with Crippen LogP contribution < -0.4 is 0 Å². The lowest BCUT2D eigenvalue weighted by atomic mass is 9.90. The summed E-state index contributed by atoms with van der Waals surface area (Å²) >= 11 is 5.92. The standard InChI is InChI=1S/C22H19ClN2O3/c23-19-8-6-15(7-9-19)14-28-20-13-25(22(26)27)21(20)17-4-1-3-16(11-17)18-5-2-10-24-12-18/h1-12,20-21H,13-14H2,(H,26,27). The number of ether oxygens (including phenoxy) is 1. The van der Waals surface area contributed by atoms with Crippen molar-refractivity contribution in [3.63, 3.8) is 0 Å². The molecule has 0 saturated carbocycles. The molecule has 2 unspecified atom stereocenters. The molecule has 28 heavy (non-hydrogen) atoms. The highest BCUT2D eigenvalue weighted by molar-refractivity contribution is 6.30. The van der Waals surface area contributed by atoms with Crippen LogP contribution in [0.1, 0.15) is 17.2 Å². The summed E-state index contributed by atoms with van der Waals surface area (Å²) in [6.45, 7) is 0.763. The van der Waals surface area contributed by atoms with Crippen molar-refractivity contribution in [2.75, 3.05) is 6.54 Å². The maximum atomic E-state index is 11.6. The van der Waals surface area contributed by atoms with E-state index in [9.17, 15) is 9.90 Å². The molecule has 2 atom stereocenters. The molecule has 0 bridgehead atoms. The average molecular weight is 395 g/mol. The second-order valence-corrected chi connectivity index (χ2v) is 7.16. The Hall–Kier alpha value is -2.89. The van der Waals surface area contributed by atoms with Gasteiger partial charge in [0.15, 0.2) is 0 Å². The van der Waals surface area contributed by atoms with Gasteiger partial charge in [0, 0.05) is 17.4 Å². The minimum atomic E-state index is -0.942. The van der Waals surface area contributed by atoms with Crippen LogP contribution >= 0.6 is 11.6 Å². The van der Waals surface area contributed by atoms with Crippen LogP contribution in [-0.2, 0) is 11.3 Å². The molecule has 5 nitrogen and oxygen atoms in total. The first-order valence-electron chi connectivity index (χ1n) is 8.98. The molecule has 142 valence electrons. The number of carbonyl (C=O) groups is 1. The highest BCUT2D eigenvalue weighted by Gasteiger charge is 2.44. The van der Waals surface area contributed by atoms with Crippen molar-refractivity contribution < 1.29 is 14.6 Å². The van der Waals surface area contributed by atoms with Gasteiger partial charge in [0.1, 0.15) is 6.10 Å². The molecule has 2 aromatic carbocycles. The Morgan fingerprint density at radius 1 is 1.14 bits per heavy atom. The number of halogens is 1. The Morgan fingerprint density at radius 2 is 1.93 bits per heavy atom. The maximum Gasteiger partial charge on any atom is 0.407 e. The number of benzene rings is 2. The predicted octanol–water partition coefficient (Wildman–Crippen LogP) is 5.02. The topological polar surface area (TPSA) is 62.7 Å². The van der Waals surface area contributed by atoms with E-state index in [1.807, 2.05) is 60.7 Å². The summed E-state index contributed by atoms with van der Waals surface area (Å²) in [4.78, 5) is 17.2. The third-order valence-corrected chi connectivity index (χ3v) is 5.16. The van der Waals surface area contributed by atoms with Gasteiger partial charge in [-0.3, -0.25) is 9.88 Å². The summed E-state index contributed by atoms with van der Waals surface area (Å²) in [5, 5.41) is 10.2. The van der Waals surface area contributed by atoms with Gasteiger partial charge in [-0.05, 0) is 46.5 Å². The first-order chi connectivity index (χ1) is 13.6. The lowest BCUT2D eigenvalue weighted by Crippen LogP contribution is -2.56. The quantitative estimate of drug-likeness (QED) is 0.659. The van der Waals surface area contributed by atoms with E-state index in [0.717, 1.165) is 22.3 Å². The zero-order chi connectivity index (χ0) is 19.5. The van der Waals surface area contributed by atoms with Gasteiger partial charge in [-0.15, -0.1) is 0 Å². The second-order valence-electron chi connectivity index (χ2n) is 6.72. The third-order valence-electron chi connectivity index (χ3n) is 4.91. The lowest BCUT2D eigenvalue weighted by Gasteiger charge is -2.46. The first kappa shape index (κ1) is 18.5. The number of carboxylic acid groups (broad SMARTS) is 1. The van der Waals surface area contributed by atoms with Crippen LogP contribution in [-0.4, -0.2) is 33.7 Å². The molecule has 1 amide bonds. The van der Waals surface area contributed by atoms with Crippen molar-refractivity contribution in [1.29, 1.82) is 0 Å². The van der Waals surface area contributed by atoms with Gasteiger partial charge >= 0.3 is 6.09 Å². The molecule has 1 aliphatic heterocycles. The van der Waals surface area contributed by atoms with Gasteiger partial charge in [0.05, 0.1) is 19.2 Å². The summed E-state index contributed by atoms with van der Waals surface area (Å²) in [5.41, 5.74) is 3.90. The highest BCUT2D eigenvalue weighted by Crippen LogP contribution is 2.37. The number of hydrogen-bond acceptors (Lipinski definition) is 3. The van der Waals surface area contributed by atoms with Crippen molar-refractivity contribution in [2.24, 2.45) is 0 Å². The molecule has 6 heteroatoms. The van der Waals surface area contributed by atoms with Gasteiger partial charge in [0.25, 0.3) is 0 Å². The zero-order valence-corrected chi connectivity index (χ0v) is 15.8. The van der Waals surface area contributed by atoms with Crippen molar-refractivity contribution in [1.82, 2.24) is 9.88 Å². The monoisotopic (exact) mass is 394 g/mol. The fourth-order valence-corrected chi connectivity index (χ4v) is 3.55. The van der Waals surface area contributed by atoms with Crippen LogP contribution in [0.2, 0.25) is 5.02 Å². The number of rotatable bonds is 5. The molecule has 1 aromatic heterocycles. The minimum absolute atomic E-state index is 0.198. The van der Waals surface area contributed by atoms with Gasteiger partial charge < -0.3 is 9.84 Å². The zero-order valence-electron chi connectivity index (χ0n) is 15.0. The first-order valence-corrected chi connectivity index (χ1v) is 9.35. The minimum Gasteiger partial charge on any atom is -0.465 e. The third kappa shape index (κ3) is 3.86. The Morgan fingerprint density at radius 3 is 2.64 bits per heavy atom. The molecule has 4 rings (SSSR count). The molecule has 1 fully saturated rings. The van der Waals surface area contributed by atoms with E-state index in [1.54, 1.807) is 12.4 Å². The van der Waals surface area contributed by atoms with E-state index in [2.05, 4.69) is 4.98 Å². The van der Waals surface area contributed by atoms with Crippen molar-refractivity contribution >= 4 is 17.7 Å². The van der Waals surface area contributed by atoms with Crippen LogP contribution in [0, 0.1) is 0 Å². The highest BCUT2D eigenvalue weighted by atomic mass is 35.5. The second kappa shape index (κ2) is 8.00. The fourth-order valence-electron chi connectivity index (χ4n) is 3.43. The summed E-state index contributed by atoms with van der Waals surface area (Å²) in [6.07, 6.45) is 2.38. The van der Waals surface area contributed by atoms with Crippen LogP contribution in [0.5, 0.6) is 0 Å². The molecule has 0 aliphatic carbocycles. The molecular weight excluding hydrogens is 376 g/mol. The molecular formula is C22H19ClN2O3. The van der Waals surface area contributed by atoms with Crippen LogP contribution in [0.25, 0.3) is 11.1 Å². The summed E-state index contributed by atoms with van der Waals surface area (Å²) in [5.74, 6) is 0. The average Bonchev–Trinajstić information content (AvgIpc) is 2.69. The predicted molar refractivity (Wildman–Crippen MR) is 107 cm³/mol. The van der Waals surface area contributed by atoms with E-state index >= 15 is 0 Å².